The summed E-state index contributed by atoms with van der Waals surface area (Å²) < 4.78 is 17.6. The van der Waals surface area contributed by atoms with Crippen LogP contribution in [0.1, 0.15) is 15.9 Å². The van der Waals surface area contributed by atoms with Crippen LogP contribution in [0.2, 0.25) is 10.0 Å². The first-order chi connectivity index (χ1) is 11.0. The van der Waals surface area contributed by atoms with Crippen LogP contribution in [0, 0.1) is 5.82 Å². The summed E-state index contributed by atoms with van der Waals surface area (Å²) in [5, 5.41) is 3.08. The lowest BCUT2D eigenvalue weighted by Gasteiger charge is -2.08. The fourth-order valence-corrected chi connectivity index (χ4v) is 2.08. The van der Waals surface area contributed by atoms with Crippen molar-refractivity contribution >= 4 is 35.1 Å². The van der Waals surface area contributed by atoms with Crippen molar-refractivity contribution in [3.63, 3.8) is 0 Å². The molecular formula is C16H12Cl2FNO3. The maximum absolute atomic E-state index is 12.8. The smallest absolute Gasteiger partial charge is 0.340 e. The molecule has 7 heteroatoms. The molecule has 0 aromatic heterocycles. The molecule has 2 aromatic rings. The Morgan fingerprint density at radius 2 is 1.78 bits per heavy atom. The molecule has 1 N–H and O–H groups in total. The van der Waals surface area contributed by atoms with E-state index in [1.807, 2.05) is 0 Å². The van der Waals surface area contributed by atoms with Crippen molar-refractivity contribution < 1.29 is 18.7 Å². The van der Waals surface area contributed by atoms with Crippen molar-refractivity contribution in [2.45, 2.75) is 6.54 Å². The first-order valence-corrected chi connectivity index (χ1v) is 7.34. The topological polar surface area (TPSA) is 55.4 Å². The molecule has 2 aromatic carbocycles. The van der Waals surface area contributed by atoms with E-state index in [9.17, 15) is 14.0 Å². The van der Waals surface area contributed by atoms with Gasteiger partial charge < -0.3 is 10.1 Å². The summed E-state index contributed by atoms with van der Waals surface area (Å²) >= 11 is 11.6. The van der Waals surface area contributed by atoms with E-state index in [0.717, 1.165) is 5.56 Å². The Kier molecular flexibility index (Phi) is 5.96. The molecular weight excluding hydrogens is 344 g/mol. The number of hydrogen-bond acceptors (Lipinski definition) is 3. The number of halogens is 3. The van der Waals surface area contributed by atoms with Crippen molar-refractivity contribution in [1.29, 1.82) is 0 Å². The number of carbonyl (C=O) groups is 2. The zero-order valence-electron chi connectivity index (χ0n) is 11.8. The number of rotatable bonds is 5. The second-order valence-corrected chi connectivity index (χ2v) is 5.45. The highest BCUT2D eigenvalue weighted by atomic mass is 35.5. The van der Waals surface area contributed by atoms with Crippen molar-refractivity contribution in [1.82, 2.24) is 5.32 Å². The standard InChI is InChI=1S/C16H12Cl2FNO3/c17-11-3-6-14(18)13(7-11)16(22)23-9-15(21)20-8-10-1-4-12(19)5-2-10/h1-7H,8-9H2,(H,20,21). The van der Waals surface area contributed by atoms with Gasteiger partial charge in [0.1, 0.15) is 5.82 Å². The molecule has 1 amide bonds. The van der Waals surface area contributed by atoms with Crippen LogP contribution in [0.15, 0.2) is 42.5 Å². The van der Waals surface area contributed by atoms with Crippen LogP contribution in [0.25, 0.3) is 0 Å². The highest BCUT2D eigenvalue weighted by Gasteiger charge is 2.14. The number of benzene rings is 2. The molecule has 0 bridgehead atoms. The van der Waals surface area contributed by atoms with E-state index in [1.54, 1.807) is 12.1 Å². The normalized spacial score (nSPS) is 10.2. The van der Waals surface area contributed by atoms with Gasteiger partial charge in [-0.1, -0.05) is 35.3 Å². The Morgan fingerprint density at radius 3 is 2.48 bits per heavy atom. The van der Waals surface area contributed by atoms with E-state index < -0.39 is 18.5 Å². The molecule has 0 unspecified atom stereocenters. The first-order valence-electron chi connectivity index (χ1n) is 6.59. The molecule has 0 atom stereocenters. The first kappa shape index (κ1) is 17.2. The molecule has 0 heterocycles. The Balaban J connectivity index is 1.83. The van der Waals surface area contributed by atoms with Gasteiger partial charge in [-0.15, -0.1) is 0 Å². The lowest BCUT2D eigenvalue weighted by Crippen LogP contribution is -2.28. The molecule has 2 rings (SSSR count). The summed E-state index contributed by atoms with van der Waals surface area (Å²) in [6.45, 7) is -0.253. The van der Waals surface area contributed by atoms with E-state index in [4.69, 9.17) is 27.9 Å². The lowest BCUT2D eigenvalue weighted by atomic mass is 10.2. The van der Waals surface area contributed by atoms with Crippen LogP contribution in [0.5, 0.6) is 0 Å². The van der Waals surface area contributed by atoms with Crippen LogP contribution in [0.3, 0.4) is 0 Å². The number of ether oxygens (including phenoxy) is 1. The summed E-state index contributed by atoms with van der Waals surface area (Å²) in [5.41, 5.74) is 0.814. The van der Waals surface area contributed by atoms with Gasteiger partial charge in [-0.2, -0.15) is 0 Å². The molecule has 120 valence electrons. The minimum Gasteiger partial charge on any atom is -0.452 e. The van der Waals surface area contributed by atoms with Gasteiger partial charge in [0.25, 0.3) is 5.91 Å². The zero-order valence-corrected chi connectivity index (χ0v) is 13.3. The maximum Gasteiger partial charge on any atom is 0.340 e. The van der Waals surface area contributed by atoms with E-state index in [-0.39, 0.29) is 22.9 Å². The molecule has 0 fully saturated rings. The summed E-state index contributed by atoms with van der Waals surface area (Å²) in [6, 6.07) is 10.1. The molecule has 4 nitrogen and oxygen atoms in total. The quantitative estimate of drug-likeness (QED) is 0.833. The van der Waals surface area contributed by atoms with Crippen molar-refractivity contribution in [3.05, 3.63) is 69.5 Å². The minimum atomic E-state index is -0.741. The summed E-state index contributed by atoms with van der Waals surface area (Å²) in [5.74, 6) is -1.58. The monoisotopic (exact) mass is 355 g/mol. The second kappa shape index (κ2) is 7.94. The van der Waals surface area contributed by atoms with Gasteiger partial charge in [-0.05, 0) is 35.9 Å². The number of hydrogen-bond donors (Lipinski definition) is 1. The van der Waals surface area contributed by atoms with Gasteiger partial charge in [0.05, 0.1) is 10.6 Å². The van der Waals surface area contributed by atoms with Crippen molar-refractivity contribution in [2.75, 3.05) is 6.61 Å². The summed E-state index contributed by atoms with van der Waals surface area (Å²) in [7, 11) is 0. The number of nitrogens with one attached hydrogen (secondary N) is 1. The van der Waals surface area contributed by atoms with Crippen molar-refractivity contribution in [3.8, 4) is 0 Å². The molecule has 23 heavy (non-hydrogen) atoms. The van der Waals surface area contributed by atoms with Crippen LogP contribution in [-0.2, 0) is 16.1 Å². The second-order valence-electron chi connectivity index (χ2n) is 4.60. The average molecular weight is 356 g/mol. The van der Waals surface area contributed by atoms with Gasteiger partial charge in [0, 0.05) is 11.6 Å². The Morgan fingerprint density at radius 1 is 1.09 bits per heavy atom. The molecule has 0 spiro atoms. The highest BCUT2D eigenvalue weighted by Crippen LogP contribution is 2.21. The molecule has 0 aliphatic heterocycles. The largest absolute Gasteiger partial charge is 0.452 e. The molecule has 0 aliphatic rings. The fraction of sp³-hybridized carbons (Fsp3) is 0.125. The predicted octanol–water partition coefficient (Wildman–Crippen LogP) is 3.61. The maximum atomic E-state index is 12.8. The van der Waals surface area contributed by atoms with Gasteiger partial charge >= 0.3 is 5.97 Å². The van der Waals surface area contributed by atoms with E-state index in [0.29, 0.717) is 5.02 Å². The van der Waals surface area contributed by atoms with E-state index in [2.05, 4.69) is 5.32 Å². The third kappa shape index (κ3) is 5.23. The fourth-order valence-electron chi connectivity index (χ4n) is 1.72. The third-order valence-electron chi connectivity index (χ3n) is 2.89. The average Bonchev–Trinajstić information content (AvgIpc) is 2.54. The van der Waals surface area contributed by atoms with Gasteiger partial charge in [0.2, 0.25) is 0 Å². The molecule has 0 aliphatic carbocycles. The Labute approximate surface area is 142 Å². The molecule has 0 saturated heterocycles. The van der Waals surface area contributed by atoms with Crippen molar-refractivity contribution in [2.24, 2.45) is 0 Å². The molecule has 0 radical (unpaired) electrons. The number of amides is 1. The van der Waals surface area contributed by atoms with Crippen LogP contribution in [-0.4, -0.2) is 18.5 Å². The van der Waals surface area contributed by atoms with Crippen LogP contribution in [0.4, 0.5) is 4.39 Å². The van der Waals surface area contributed by atoms with E-state index in [1.165, 1.54) is 30.3 Å². The zero-order chi connectivity index (χ0) is 16.8. The Hall–Kier alpha value is -2.11. The number of carbonyl (C=O) groups excluding carboxylic acids is 2. The summed E-state index contributed by atoms with van der Waals surface area (Å²) in [6.07, 6.45) is 0. The van der Waals surface area contributed by atoms with Gasteiger partial charge in [-0.3, -0.25) is 4.79 Å². The highest BCUT2D eigenvalue weighted by molar-refractivity contribution is 6.35. The third-order valence-corrected chi connectivity index (χ3v) is 3.45. The van der Waals surface area contributed by atoms with Gasteiger partial charge in [-0.25, -0.2) is 9.18 Å². The van der Waals surface area contributed by atoms with Crippen LogP contribution < -0.4 is 5.32 Å². The van der Waals surface area contributed by atoms with Crippen LogP contribution >= 0.6 is 23.2 Å². The minimum absolute atomic E-state index is 0.0884. The van der Waals surface area contributed by atoms with Gasteiger partial charge in [0.15, 0.2) is 6.61 Å². The SMILES string of the molecule is O=C(COC(=O)c1cc(Cl)ccc1Cl)NCc1ccc(F)cc1. The molecule has 0 saturated carbocycles. The van der Waals surface area contributed by atoms with E-state index >= 15 is 0 Å². The predicted molar refractivity (Wildman–Crippen MR) is 85.0 cm³/mol. The summed E-state index contributed by atoms with van der Waals surface area (Å²) in [4.78, 5) is 23.5. The number of esters is 1. The lowest BCUT2D eigenvalue weighted by molar-refractivity contribution is -0.124. The Bertz CT molecular complexity index is 720.